The molecule has 0 amide bonds. The number of halogens is 1. The number of aromatic nitrogens is 6. The van der Waals surface area contributed by atoms with Crippen molar-refractivity contribution < 1.29 is 5.11 Å². The number of nitrogens with one attached hydrogen (secondary N) is 2. The zero-order valence-corrected chi connectivity index (χ0v) is 15.8. The van der Waals surface area contributed by atoms with Crippen molar-refractivity contribution in [2.24, 2.45) is 0 Å². The lowest BCUT2D eigenvalue weighted by molar-refractivity contribution is 0.472. The van der Waals surface area contributed by atoms with Crippen molar-refractivity contribution in [1.29, 1.82) is 0 Å². The van der Waals surface area contributed by atoms with Gasteiger partial charge in [-0.15, -0.1) is 0 Å². The van der Waals surface area contributed by atoms with Crippen LogP contribution < -0.4 is 10.9 Å². The van der Waals surface area contributed by atoms with Crippen LogP contribution in [0.25, 0.3) is 11.3 Å². The summed E-state index contributed by atoms with van der Waals surface area (Å²) in [5.41, 5.74) is 2.70. The number of fused-ring (bicyclic) bond motifs is 2. The van der Waals surface area contributed by atoms with E-state index in [0.717, 1.165) is 15.6 Å². The Morgan fingerprint density at radius 2 is 1.96 bits per heavy atom. The van der Waals surface area contributed by atoms with E-state index in [4.69, 9.17) is 0 Å². The predicted octanol–water partition coefficient (Wildman–Crippen LogP) is 2.59. The number of anilines is 2. The van der Waals surface area contributed by atoms with Crippen LogP contribution in [0.1, 0.15) is 17.2 Å². The van der Waals surface area contributed by atoms with Crippen molar-refractivity contribution in [3.05, 3.63) is 74.5 Å². The second-order valence-electron chi connectivity index (χ2n) is 6.27. The molecule has 0 aliphatic carbocycles. The van der Waals surface area contributed by atoms with Gasteiger partial charge in [0.2, 0.25) is 5.95 Å². The average Bonchev–Trinajstić information content (AvgIpc) is 3.16. The van der Waals surface area contributed by atoms with Crippen LogP contribution in [0.15, 0.2) is 57.8 Å². The molecule has 9 nitrogen and oxygen atoms in total. The highest BCUT2D eigenvalue weighted by molar-refractivity contribution is 9.10. The summed E-state index contributed by atoms with van der Waals surface area (Å²) in [6.07, 6.45) is 0. The van der Waals surface area contributed by atoms with Gasteiger partial charge in [-0.2, -0.15) is 9.78 Å². The fraction of sp³-hybridized carbons (Fsp3) is 0.0556. The van der Waals surface area contributed by atoms with Gasteiger partial charge in [0.25, 0.3) is 5.56 Å². The van der Waals surface area contributed by atoms with Crippen molar-refractivity contribution in [2.45, 2.75) is 6.04 Å². The first-order valence-corrected chi connectivity index (χ1v) is 9.13. The van der Waals surface area contributed by atoms with Gasteiger partial charge in [0, 0.05) is 15.6 Å². The van der Waals surface area contributed by atoms with E-state index in [2.05, 4.69) is 47.0 Å². The van der Waals surface area contributed by atoms with Gasteiger partial charge in [0.15, 0.2) is 0 Å². The highest BCUT2D eigenvalue weighted by Gasteiger charge is 2.34. The maximum absolute atomic E-state index is 12.6. The molecule has 5 rings (SSSR count). The largest absolute Gasteiger partial charge is 0.508 e. The maximum Gasteiger partial charge on any atom is 0.288 e. The molecule has 2 aromatic carbocycles. The summed E-state index contributed by atoms with van der Waals surface area (Å²) >= 11 is 3.43. The second kappa shape index (κ2) is 6.27. The molecule has 0 radical (unpaired) electrons. The van der Waals surface area contributed by atoms with E-state index >= 15 is 0 Å². The summed E-state index contributed by atoms with van der Waals surface area (Å²) in [5, 5.41) is 31.6. The number of tetrazole rings is 1. The summed E-state index contributed by atoms with van der Waals surface area (Å²) < 4.78 is 2.50. The molecule has 0 unspecified atom stereocenters. The minimum absolute atomic E-state index is 0.107. The highest BCUT2D eigenvalue weighted by atomic mass is 79.9. The first kappa shape index (κ1) is 16.6. The standard InChI is InChI=1S/C18H12BrN7O2/c19-11-6-4-9(5-7-11)14-13-15(17(28)22-21-14)20-18-23-24-25-26(18)16(13)10-2-1-3-12(27)8-10/h1-8,16,27H,(H,22,28)(H,20,23,25)/t16-/m0/s1. The number of aromatic amines is 1. The van der Waals surface area contributed by atoms with E-state index in [9.17, 15) is 9.90 Å². The van der Waals surface area contributed by atoms with Gasteiger partial charge in [-0.05, 0) is 40.3 Å². The fourth-order valence-electron chi connectivity index (χ4n) is 3.37. The third-order valence-corrected chi connectivity index (χ3v) is 5.10. The molecule has 0 bridgehead atoms. The van der Waals surface area contributed by atoms with E-state index in [0.29, 0.717) is 22.9 Å². The molecule has 0 saturated heterocycles. The SMILES string of the molecule is O=c1[nH]nc(-c2ccc(Br)cc2)c2c1Nc1nnnn1[C@H]2c1cccc(O)c1. The van der Waals surface area contributed by atoms with Crippen LogP contribution in [0.3, 0.4) is 0 Å². The molecule has 1 aliphatic heterocycles. The molecule has 3 N–H and O–H groups in total. The van der Waals surface area contributed by atoms with Crippen LogP contribution in [0.4, 0.5) is 11.6 Å². The summed E-state index contributed by atoms with van der Waals surface area (Å²) in [4.78, 5) is 12.6. The Balaban J connectivity index is 1.82. The zero-order valence-electron chi connectivity index (χ0n) is 14.2. The number of phenolic OH excluding ortho intramolecular Hbond substituents is 1. The molecule has 3 heterocycles. The van der Waals surface area contributed by atoms with Crippen molar-refractivity contribution in [1.82, 2.24) is 30.4 Å². The number of hydrogen-bond acceptors (Lipinski definition) is 7. The first-order valence-electron chi connectivity index (χ1n) is 8.34. The lowest BCUT2D eigenvalue weighted by Gasteiger charge is -2.27. The fourth-order valence-corrected chi connectivity index (χ4v) is 3.63. The van der Waals surface area contributed by atoms with E-state index in [1.54, 1.807) is 22.9 Å². The van der Waals surface area contributed by atoms with Gasteiger partial charge in [-0.1, -0.05) is 45.3 Å². The molecule has 10 heteroatoms. The third-order valence-electron chi connectivity index (χ3n) is 4.57. The molecule has 2 aromatic heterocycles. The summed E-state index contributed by atoms with van der Waals surface area (Å²) in [6.45, 7) is 0. The van der Waals surface area contributed by atoms with E-state index < -0.39 is 6.04 Å². The number of phenols is 1. The number of rotatable bonds is 2. The number of benzene rings is 2. The van der Waals surface area contributed by atoms with Gasteiger partial charge in [0.05, 0.1) is 5.69 Å². The second-order valence-corrected chi connectivity index (χ2v) is 7.18. The quantitative estimate of drug-likeness (QED) is 0.387. The van der Waals surface area contributed by atoms with Crippen LogP contribution >= 0.6 is 15.9 Å². The minimum atomic E-state index is -0.540. The molecule has 0 saturated carbocycles. The molecular weight excluding hydrogens is 426 g/mol. The number of H-pyrrole nitrogens is 1. The van der Waals surface area contributed by atoms with Gasteiger partial charge in [0.1, 0.15) is 17.5 Å². The third kappa shape index (κ3) is 2.57. The van der Waals surface area contributed by atoms with Gasteiger partial charge in [-0.25, -0.2) is 5.10 Å². The Morgan fingerprint density at radius 3 is 2.75 bits per heavy atom. The molecule has 0 fully saturated rings. The van der Waals surface area contributed by atoms with Crippen molar-refractivity contribution >= 4 is 27.6 Å². The molecule has 0 spiro atoms. The van der Waals surface area contributed by atoms with Gasteiger partial charge < -0.3 is 10.4 Å². The Kier molecular flexibility index (Phi) is 3.72. The normalized spacial score (nSPS) is 14.8. The van der Waals surface area contributed by atoms with Crippen LogP contribution in [0.5, 0.6) is 5.75 Å². The maximum atomic E-state index is 12.6. The smallest absolute Gasteiger partial charge is 0.288 e. The number of aromatic hydroxyl groups is 1. The molecule has 1 atom stereocenters. The van der Waals surface area contributed by atoms with E-state index in [1.807, 2.05) is 30.3 Å². The lowest BCUT2D eigenvalue weighted by atomic mass is 9.92. The predicted molar refractivity (Wildman–Crippen MR) is 104 cm³/mol. The Labute approximate surface area is 166 Å². The number of nitrogens with zero attached hydrogens (tertiary/aromatic N) is 5. The molecule has 4 aromatic rings. The number of hydrogen-bond donors (Lipinski definition) is 3. The lowest BCUT2D eigenvalue weighted by Crippen LogP contribution is -2.29. The minimum Gasteiger partial charge on any atom is -0.508 e. The molecular formula is C18H12BrN7O2. The Morgan fingerprint density at radius 1 is 1.14 bits per heavy atom. The van der Waals surface area contributed by atoms with Crippen molar-refractivity contribution in [3.8, 4) is 17.0 Å². The molecule has 138 valence electrons. The summed E-state index contributed by atoms with van der Waals surface area (Å²) in [6, 6.07) is 13.8. The topological polar surface area (TPSA) is 122 Å². The van der Waals surface area contributed by atoms with Gasteiger partial charge >= 0.3 is 0 Å². The molecule has 28 heavy (non-hydrogen) atoms. The zero-order chi connectivity index (χ0) is 19.3. The Bertz CT molecular complexity index is 1250. The Hall–Kier alpha value is -3.53. The van der Waals surface area contributed by atoms with Crippen LogP contribution in [-0.4, -0.2) is 35.5 Å². The summed E-state index contributed by atoms with van der Waals surface area (Å²) in [5.74, 6) is 0.439. The van der Waals surface area contributed by atoms with E-state index in [1.165, 1.54) is 0 Å². The van der Waals surface area contributed by atoms with Crippen LogP contribution in [0.2, 0.25) is 0 Å². The first-order chi connectivity index (χ1) is 13.6. The van der Waals surface area contributed by atoms with Crippen molar-refractivity contribution in [2.75, 3.05) is 5.32 Å². The molecule has 1 aliphatic rings. The summed E-state index contributed by atoms with van der Waals surface area (Å²) in [7, 11) is 0. The van der Waals surface area contributed by atoms with Gasteiger partial charge in [-0.3, -0.25) is 4.79 Å². The van der Waals surface area contributed by atoms with Crippen LogP contribution in [0, 0.1) is 0 Å². The van der Waals surface area contributed by atoms with Crippen molar-refractivity contribution in [3.63, 3.8) is 0 Å². The van der Waals surface area contributed by atoms with E-state index in [-0.39, 0.29) is 11.3 Å². The van der Waals surface area contributed by atoms with Crippen LogP contribution in [-0.2, 0) is 0 Å². The highest BCUT2D eigenvalue weighted by Crippen LogP contribution is 2.41. The average molecular weight is 438 g/mol. The monoisotopic (exact) mass is 437 g/mol.